The molecule has 3 aromatic heterocycles. The van der Waals surface area contributed by atoms with Crippen molar-refractivity contribution < 1.29 is 4.42 Å². The van der Waals surface area contributed by atoms with E-state index in [-0.39, 0.29) is 0 Å². The van der Waals surface area contributed by atoms with E-state index in [1.807, 2.05) is 42.5 Å². The summed E-state index contributed by atoms with van der Waals surface area (Å²) in [6.45, 7) is 0. The molecular formula is C53H33N3O. The average molecular weight is 728 g/mol. The van der Waals surface area contributed by atoms with E-state index in [1.165, 1.54) is 11.1 Å². The lowest BCUT2D eigenvalue weighted by Gasteiger charge is -2.12. The molecule has 266 valence electrons. The van der Waals surface area contributed by atoms with Crippen molar-refractivity contribution in [3.63, 3.8) is 0 Å². The molecule has 4 nitrogen and oxygen atoms in total. The Bertz CT molecular complexity index is 3240. The molecule has 0 amide bonds. The third-order valence-electron chi connectivity index (χ3n) is 10.9. The molecule has 57 heavy (non-hydrogen) atoms. The largest absolute Gasteiger partial charge is 0.455 e. The van der Waals surface area contributed by atoms with Gasteiger partial charge >= 0.3 is 0 Å². The van der Waals surface area contributed by atoms with Gasteiger partial charge in [-0.15, -0.1) is 0 Å². The first-order valence-corrected chi connectivity index (χ1v) is 19.2. The minimum absolute atomic E-state index is 0.688. The van der Waals surface area contributed by atoms with E-state index in [2.05, 4.69) is 158 Å². The second kappa shape index (κ2) is 13.6. The highest BCUT2D eigenvalue weighted by Gasteiger charge is 2.18. The number of fused-ring (bicyclic) bond motifs is 7. The Balaban J connectivity index is 0.942. The number of nitrogens with zero attached hydrogens (tertiary/aromatic N) is 3. The quantitative estimate of drug-likeness (QED) is 0.160. The van der Waals surface area contributed by atoms with Crippen LogP contribution in [0, 0.1) is 0 Å². The van der Waals surface area contributed by atoms with Gasteiger partial charge in [-0.1, -0.05) is 176 Å². The molecule has 0 spiro atoms. The van der Waals surface area contributed by atoms with Crippen molar-refractivity contribution in [3.05, 3.63) is 200 Å². The number of furan rings is 1. The molecule has 0 saturated carbocycles. The van der Waals surface area contributed by atoms with Gasteiger partial charge in [0.15, 0.2) is 5.82 Å². The molecule has 0 bridgehead atoms. The maximum absolute atomic E-state index is 6.52. The van der Waals surface area contributed by atoms with E-state index in [1.54, 1.807) is 0 Å². The lowest BCUT2D eigenvalue weighted by Crippen LogP contribution is -1.96. The third-order valence-corrected chi connectivity index (χ3v) is 10.9. The molecule has 0 atom stereocenters. The van der Waals surface area contributed by atoms with E-state index >= 15 is 0 Å². The SMILES string of the molecule is c1ccc(-c2ccc(-c3cc(-c4ccccc4)nc(-c4ccc(-c5ccc(-c6nc7ccccc7c7c6ccc6c8ccccc8oc67)cc5)cc4)n3)cc2)cc1. The topological polar surface area (TPSA) is 51.8 Å². The van der Waals surface area contributed by atoms with Crippen molar-refractivity contribution in [2.45, 2.75) is 0 Å². The van der Waals surface area contributed by atoms with Gasteiger partial charge in [-0.3, -0.25) is 0 Å². The molecule has 8 aromatic carbocycles. The lowest BCUT2D eigenvalue weighted by atomic mass is 9.96. The number of pyridine rings is 1. The van der Waals surface area contributed by atoms with Gasteiger partial charge in [0.25, 0.3) is 0 Å². The maximum atomic E-state index is 6.52. The van der Waals surface area contributed by atoms with E-state index < -0.39 is 0 Å². The number of hydrogen-bond donors (Lipinski definition) is 0. The van der Waals surface area contributed by atoms with Crippen LogP contribution in [0.5, 0.6) is 0 Å². The van der Waals surface area contributed by atoms with Crippen LogP contribution in [0.25, 0.3) is 111 Å². The second-order valence-electron chi connectivity index (χ2n) is 14.4. The molecule has 0 N–H and O–H groups in total. The fourth-order valence-electron chi connectivity index (χ4n) is 8.01. The third kappa shape index (κ3) is 5.83. The van der Waals surface area contributed by atoms with Crippen LogP contribution in [-0.4, -0.2) is 15.0 Å². The van der Waals surface area contributed by atoms with Gasteiger partial charge in [0.05, 0.1) is 22.6 Å². The fraction of sp³-hybridized carbons (Fsp3) is 0. The summed E-state index contributed by atoms with van der Waals surface area (Å²) in [6.07, 6.45) is 0. The normalized spacial score (nSPS) is 11.5. The van der Waals surface area contributed by atoms with Crippen molar-refractivity contribution in [2.24, 2.45) is 0 Å². The summed E-state index contributed by atoms with van der Waals surface area (Å²) < 4.78 is 6.52. The highest BCUT2D eigenvalue weighted by atomic mass is 16.3. The minimum atomic E-state index is 0.688. The van der Waals surface area contributed by atoms with Crippen molar-refractivity contribution >= 4 is 43.6 Å². The smallest absolute Gasteiger partial charge is 0.160 e. The van der Waals surface area contributed by atoms with Gasteiger partial charge in [-0.2, -0.15) is 0 Å². The molecule has 0 fully saturated rings. The molecule has 11 aromatic rings. The zero-order valence-corrected chi connectivity index (χ0v) is 30.8. The first kappa shape index (κ1) is 32.7. The van der Waals surface area contributed by atoms with Crippen molar-refractivity contribution in [1.29, 1.82) is 0 Å². The molecule has 3 heterocycles. The predicted octanol–water partition coefficient (Wildman–Crippen LogP) is 14.1. The molecule has 11 rings (SSSR count). The number of rotatable bonds is 6. The first-order valence-electron chi connectivity index (χ1n) is 19.2. The minimum Gasteiger partial charge on any atom is -0.455 e. The van der Waals surface area contributed by atoms with Crippen molar-refractivity contribution in [2.75, 3.05) is 0 Å². The molecule has 0 aliphatic carbocycles. The van der Waals surface area contributed by atoms with Crippen LogP contribution in [0.1, 0.15) is 0 Å². The summed E-state index contributed by atoms with van der Waals surface area (Å²) in [5, 5.41) is 5.49. The van der Waals surface area contributed by atoms with E-state index in [0.717, 1.165) is 94.1 Å². The fourth-order valence-corrected chi connectivity index (χ4v) is 8.01. The number of benzene rings is 8. The summed E-state index contributed by atoms with van der Waals surface area (Å²) in [5.41, 5.74) is 14.1. The summed E-state index contributed by atoms with van der Waals surface area (Å²) in [5.74, 6) is 0.688. The Hall–Kier alpha value is -7.69. The summed E-state index contributed by atoms with van der Waals surface area (Å²) in [4.78, 5) is 15.4. The number of hydrogen-bond acceptors (Lipinski definition) is 4. The highest BCUT2D eigenvalue weighted by Crippen LogP contribution is 2.41. The maximum Gasteiger partial charge on any atom is 0.160 e. The van der Waals surface area contributed by atoms with E-state index in [0.29, 0.717) is 5.82 Å². The standard InChI is InChI=1S/C53H33N3O/c1-3-11-34(12-4-1)35-19-25-39(26-20-35)48-33-47(38-13-5-2-6-14-38)55-53(56-48)41-29-23-37(24-30-41)36-21-27-40(28-22-36)51-45-32-31-43-42-15-8-10-18-49(42)57-52(43)50(45)44-16-7-9-17-46(44)54-51/h1-33H. The van der Waals surface area contributed by atoms with Crippen molar-refractivity contribution in [3.8, 4) is 67.4 Å². The van der Waals surface area contributed by atoms with Crippen LogP contribution < -0.4 is 0 Å². The van der Waals surface area contributed by atoms with Gasteiger partial charge in [0.1, 0.15) is 11.2 Å². The van der Waals surface area contributed by atoms with Crippen LogP contribution in [0.4, 0.5) is 0 Å². The van der Waals surface area contributed by atoms with Crippen molar-refractivity contribution in [1.82, 2.24) is 15.0 Å². The zero-order chi connectivity index (χ0) is 37.7. The Labute approximate surface area is 329 Å². The monoisotopic (exact) mass is 727 g/mol. The lowest BCUT2D eigenvalue weighted by molar-refractivity contribution is 0.673. The molecule has 0 aliphatic rings. The summed E-state index contributed by atoms with van der Waals surface area (Å²) in [6, 6.07) is 69.6. The van der Waals surface area contributed by atoms with Crippen LogP contribution in [-0.2, 0) is 0 Å². The zero-order valence-electron chi connectivity index (χ0n) is 30.8. The molecule has 0 aliphatic heterocycles. The van der Waals surface area contributed by atoms with Gasteiger partial charge < -0.3 is 4.42 Å². The highest BCUT2D eigenvalue weighted by molar-refractivity contribution is 6.24. The van der Waals surface area contributed by atoms with Gasteiger partial charge in [0.2, 0.25) is 0 Å². The van der Waals surface area contributed by atoms with Crippen LogP contribution in [0.3, 0.4) is 0 Å². The van der Waals surface area contributed by atoms with E-state index in [9.17, 15) is 0 Å². The van der Waals surface area contributed by atoms with Crippen LogP contribution in [0.2, 0.25) is 0 Å². The molecular weight excluding hydrogens is 695 g/mol. The van der Waals surface area contributed by atoms with Gasteiger partial charge in [-0.05, 0) is 46.5 Å². The Morgan fingerprint density at radius 2 is 0.789 bits per heavy atom. The Morgan fingerprint density at radius 1 is 0.316 bits per heavy atom. The van der Waals surface area contributed by atoms with Gasteiger partial charge in [-0.25, -0.2) is 15.0 Å². The molecule has 0 unspecified atom stereocenters. The van der Waals surface area contributed by atoms with E-state index in [4.69, 9.17) is 19.4 Å². The Kier molecular flexibility index (Phi) is 7.78. The number of aromatic nitrogens is 3. The average Bonchev–Trinajstić information content (AvgIpc) is 3.68. The Morgan fingerprint density at radius 3 is 1.46 bits per heavy atom. The number of para-hydroxylation sites is 2. The summed E-state index contributed by atoms with van der Waals surface area (Å²) >= 11 is 0. The first-order chi connectivity index (χ1) is 28.2. The van der Waals surface area contributed by atoms with Crippen LogP contribution in [0.15, 0.2) is 205 Å². The summed E-state index contributed by atoms with van der Waals surface area (Å²) in [7, 11) is 0. The molecule has 0 radical (unpaired) electrons. The molecule has 4 heteroatoms. The predicted molar refractivity (Wildman–Crippen MR) is 235 cm³/mol. The second-order valence-corrected chi connectivity index (χ2v) is 14.4. The van der Waals surface area contributed by atoms with Crippen LogP contribution >= 0.6 is 0 Å². The van der Waals surface area contributed by atoms with Gasteiger partial charge in [0, 0.05) is 49.2 Å². The molecule has 0 saturated heterocycles.